The predicted molar refractivity (Wildman–Crippen MR) is 134 cm³/mol. The van der Waals surface area contributed by atoms with E-state index in [-0.39, 0.29) is 29.3 Å². The summed E-state index contributed by atoms with van der Waals surface area (Å²) in [6.07, 6.45) is 3.08. The van der Waals surface area contributed by atoms with Crippen LogP contribution in [-0.2, 0) is 11.2 Å². The fourth-order valence-electron chi connectivity index (χ4n) is 4.02. The zero-order valence-corrected chi connectivity index (χ0v) is 21.1. The lowest BCUT2D eigenvalue weighted by Gasteiger charge is -2.32. The van der Waals surface area contributed by atoms with Gasteiger partial charge in [0.1, 0.15) is 29.0 Å². The summed E-state index contributed by atoms with van der Waals surface area (Å²) in [4.78, 5) is 39.3. The van der Waals surface area contributed by atoms with E-state index >= 15 is 0 Å². The number of nitrogens with zero attached hydrogens (tertiary/aromatic N) is 4. The predicted octanol–water partition coefficient (Wildman–Crippen LogP) is 2.69. The fourth-order valence-corrected chi connectivity index (χ4v) is 4.02. The van der Waals surface area contributed by atoms with Crippen LogP contribution in [0.1, 0.15) is 39.2 Å². The molecule has 4 rings (SSSR count). The molecule has 37 heavy (non-hydrogen) atoms. The minimum atomic E-state index is -1.02. The molecule has 1 saturated heterocycles. The number of methoxy groups -OCH3 is 1. The van der Waals surface area contributed by atoms with Crippen LogP contribution in [0.5, 0.6) is 17.4 Å². The van der Waals surface area contributed by atoms with Crippen molar-refractivity contribution in [3.05, 3.63) is 65.4 Å². The van der Waals surface area contributed by atoms with Crippen molar-refractivity contribution in [1.82, 2.24) is 24.8 Å². The highest BCUT2D eigenvalue weighted by molar-refractivity contribution is 5.92. The maximum absolute atomic E-state index is 12.7. The summed E-state index contributed by atoms with van der Waals surface area (Å²) >= 11 is 0. The number of aromatic nitrogens is 3. The lowest BCUT2D eigenvalue weighted by atomic mass is 10.1. The molecule has 0 spiro atoms. The number of benzene rings is 1. The number of ether oxygens (including phenoxy) is 3. The highest BCUT2D eigenvalue weighted by Crippen LogP contribution is 2.28. The van der Waals surface area contributed by atoms with E-state index in [0.29, 0.717) is 37.6 Å². The van der Waals surface area contributed by atoms with Gasteiger partial charge in [0.25, 0.3) is 5.91 Å². The number of hydrogen-bond acceptors (Lipinski definition) is 8. The molecule has 2 aromatic heterocycles. The number of H-pyrrole nitrogens is 1. The van der Waals surface area contributed by atoms with E-state index in [1.54, 1.807) is 24.1 Å². The first-order valence-electron chi connectivity index (χ1n) is 12.0. The van der Waals surface area contributed by atoms with Crippen molar-refractivity contribution in [2.24, 2.45) is 0 Å². The molecule has 2 N–H and O–H groups in total. The van der Waals surface area contributed by atoms with Crippen LogP contribution in [0.4, 0.5) is 0 Å². The number of carbonyl (C=O) groups excluding carboxylic acids is 1. The van der Waals surface area contributed by atoms with Crippen molar-refractivity contribution < 1.29 is 28.9 Å². The topological polar surface area (TPSA) is 130 Å². The molecule has 0 saturated carbocycles. The van der Waals surface area contributed by atoms with E-state index in [2.05, 4.69) is 19.9 Å². The van der Waals surface area contributed by atoms with Crippen LogP contribution in [0.25, 0.3) is 0 Å². The Morgan fingerprint density at radius 3 is 2.49 bits per heavy atom. The summed E-state index contributed by atoms with van der Waals surface area (Å²) < 4.78 is 17.1. The van der Waals surface area contributed by atoms with Crippen LogP contribution in [0.15, 0.2) is 42.7 Å². The lowest BCUT2D eigenvalue weighted by Crippen LogP contribution is -2.47. The molecule has 196 valence electrons. The zero-order valence-electron chi connectivity index (χ0n) is 21.1. The third kappa shape index (κ3) is 7.05. The molecular weight excluding hydrogens is 478 g/mol. The summed E-state index contributed by atoms with van der Waals surface area (Å²) in [6.45, 7) is 5.26. The van der Waals surface area contributed by atoms with Crippen LogP contribution in [0, 0.1) is 0 Å². The summed E-state index contributed by atoms with van der Waals surface area (Å²) in [5, 5.41) is 9.18. The lowest BCUT2D eigenvalue weighted by molar-refractivity contribution is 0.0655. The number of aromatic carboxylic acids is 1. The number of likely N-dealkylation sites (N-methyl/N-ethyl adjacent to an activating group) is 1. The zero-order chi connectivity index (χ0) is 26.4. The second kappa shape index (κ2) is 11.8. The van der Waals surface area contributed by atoms with Crippen LogP contribution in [0.3, 0.4) is 0 Å². The monoisotopic (exact) mass is 509 g/mol. The number of piperazine rings is 1. The number of carbonyl (C=O) groups is 2. The van der Waals surface area contributed by atoms with E-state index in [4.69, 9.17) is 14.2 Å². The molecular formula is C26H31N5O6. The minimum absolute atomic E-state index is 0.120. The fraction of sp³-hybridized carbons (Fsp3) is 0.385. The van der Waals surface area contributed by atoms with Crippen molar-refractivity contribution in [2.75, 3.05) is 46.9 Å². The third-order valence-electron chi connectivity index (χ3n) is 5.91. The number of hydrogen-bond donors (Lipinski definition) is 2. The van der Waals surface area contributed by atoms with Gasteiger partial charge in [-0.2, -0.15) is 0 Å². The second-order valence-corrected chi connectivity index (χ2v) is 9.01. The van der Waals surface area contributed by atoms with Crippen molar-refractivity contribution in [3.8, 4) is 17.4 Å². The van der Waals surface area contributed by atoms with Gasteiger partial charge in [-0.05, 0) is 43.8 Å². The van der Waals surface area contributed by atoms with Crippen LogP contribution in [0.2, 0.25) is 0 Å². The Labute approximate surface area is 215 Å². The molecule has 3 aromatic rings. The molecule has 3 heterocycles. The molecule has 1 aliphatic rings. The van der Waals surface area contributed by atoms with Crippen LogP contribution < -0.4 is 9.47 Å². The van der Waals surface area contributed by atoms with Gasteiger partial charge in [-0.3, -0.25) is 4.79 Å². The van der Waals surface area contributed by atoms with Gasteiger partial charge in [-0.15, -0.1) is 0 Å². The summed E-state index contributed by atoms with van der Waals surface area (Å²) in [6, 6.07) is 8.67. The molecule has 1 aliphatic heterocycles. The SMILES string of the molecule is COC[C@H](C)Oc1cc(Cc2ccc(C(=O)O)[nH]2)cc(Oc2cnc(C(=O)N3CCN(C)CC3)cn2)c1. The smallest absolute Gasteiger partial charge is 0.352 e. The summed E-state index contributed by atoms with van der Waals surface area (Å²) in [7, 11) is 3.63. The molecule has 1 fully saturated rings. The van der Waals surface area contributed by atoms with Gasteiger partial charge in [0.15, 0.2) is 0 Å². The third-order valence-corrected chi connectivity index (χ3v) is 5.91. The Hall–Kier alpha value is -3.96. The van der Waals surface area contributed by atoms with E-state index in [9.17, 15) is 14.7 Å². The molecule has 11 nitrogen and oxygen atoms in total. The summed E-state index contributed by atoms with van der Waals surface area (Å²) in [5.74, 6) is 0.0972. The maximum Gasteiger partial charge on any atom is 0.352 e. The average Bonchev–Trinajstić information content (AvgIpc) is 3.33. The van der Waals surface area contributed by atoms with Gasteiger partial charge in [0.2, 0.25) is 5.88 Å². The Morgan fingerprint density at radius 2 is 1.84 bits per heavy atom. The summed E-state index contributed by atoms with van der Waals surface area (Å²) in [5.41, 5.74) is 1.96. The maximum atomic E-state index is 12.7. The highest BCUT2D eigenvalue weighted by Gasteiger charge is 2.21. The quantitative estimate of drug-likeness (QED) is 0.424. The molecule has 11 heteroatoms. The van der Waals surface area contributed by atoms with Crippen molar-refractivity contribution in [2.45, 2.75) is 19.4 Å². The molecule has 0 unspecified atom stereocenters. The largest absolute Gasteiger partial charge is 0.488 e. The second-order valence-electron chi connectivity index (χ2n) is 9.01. The normalized spacial score (nSPS) is 14.8. The molecule has 0 aliphatic carbocycles. The minimum Gasteiger partial charge on any atom is -0.488 e. The van der Waals surface area contributed by atoms with Crippen LogP contribution in [-0.4, -0.2) is 94.8 Å². The molecule has 1 amide bonds. The van der Waals surface area contributed by atoms with Gasteiger partial charge in [-0.25, -0.2) is 14.8 Å². The first-order chi connectivity index (χ1) is 17.8. The Bertz CT molecular complexity index is 1220. The van der Waals surface area contributed by atoms with Crippen molar-refractivity contribution in [3.63, 3.8) is 0 Å². The number of amides is 1. The average molecular weight is 510 g/mol. The van der Waals surface area contributed by atoms with Crippen molar-refractivity contribution in [1.29, 1.82) is 0 Å². The van der Waals surface area contributed by atoms with E-state index in [1.165, 1.54) is 18.5 Å². The van der Waals surface area contributed by atoms with Gasteiger partial charge in [-0.1, -0.05) is 0 Å². The number of nitrogens with one attached hydrogen (secondary N) is 1. The van der Waals surface area contributed by atoms with Gasteiger partial charge >= 0.3 is 5.97 Å². The highest BCUT2D eigenvalue weighted by atomic mass is 16.5. The molecule has 0 radical (unpaired) electrons. The van der Waals surface area contributed by atoms with E-state index < -0.39 is 5.97 Å². The first-order valence-corrected chi connectivity index (χ1v) is 12.0. The Kier molecular flexibility index (Phi) is 8.36. The number of carboxylic acid groups (broad SMARTS) is 1. The number of carboxylic acids is 1. The molecule has 1 atom stereocenters. The Morgan fingerprint density at radius 1 is 1.08 bits per heavy atom. The van der Waals surface area contributed by atoms with Crippen molar-refractivity contribution >= 4 is 11.9 Å². The van der Waals surface area contributed by atoms with Crippen LogP contribution >= 0.6 is 0 Å². The van der Waals surface area contributed by atoms with E-state index in [1.807, 2.05) is 26.1 Å². The van der Waals surface area contributed by atoms with Gasteiger partial charge in [0.05, 0.1) is 19.0 Å². The van der Waals surface area contributed by atoms with Gasteiger partial charge in [0, 0.05) is 51.5 Å². The Balaban J connectivity index is 1.50. The first kappa shape index (κ1) is 26.1. The molecule has 1 aromatic carbocycles. The molecule has 0 bridgehead atoms. The van der Waals surface area contributed by atoms with E-state index in [0.717, 1.165) is 24.3 Å². The number of rotatable bonds is 10. The number of aromatic amines is 1. The van der Waals surface area contributed by atoms with Gasteiger partial charge < -0.3 is 34.1 Å². The standard InChI is InChI=1S/C26H31N5O6/c1-17(16-35-3)36-20-11-18(10-19-4-5-22(29-19)26(33)34)12-21(13-20)37-24-15-27-23(14-28-24)25(32)31-8-6-30(2)7-9-31/h4-5,11-15,17,29H,6-10,16H2,1-3H3,(H,33,34)/t17-/m0/s1.